The molecule has 0 amide bonds. The van der Waals surface area contributed by atoms with E-state index in [9.17, 15) is 0 Å². The van der Waals surface area contributed by atoms with Crippen molar-refractivity contribution in [1.82, 2.24) is 0 Å². The molecule has 0 radical (unpaired) electrons. The van der Waals surface area contributed by atoms with Gasteiger partial charge in [-0.2, -0.15) is 10.5 Å². The summed E-state index contributed by atoms with van der Waals surface area (Å²) in [7, 11) is 0. The van der Waals surface area contributed by atoms with Crippen LogP contribution in [-0.2, 0) is 0 Å². The largest absolute Gasteiger partial charge is 0.192 e. The van der Waals surface area contributed by atoms with Crippen LogP contribution in [0.2, 0.25) is 0 Å². The summed E-state index contributed by atoms with van der Waals surface area (Å²) in [5.74, 6) is 0. The fourth-order valence-electron chi connectivity index (χ4n) is 0.331. The maximum Gasteiger partial charge on any atom is 0.138 e. The third-order valence-electron chi connectivity index (χ3n) is 0.847. The minimum absolute atomic E-state index is 0.112. The van der Waals surface area contributed by atoms with Crippen molar-refractivity contribution in [3.63, 3.8) is 0 Å². The summed E-state index contributed by atoms with van der Waals surface area (Å²) in [5.41, 5.74) is 0.112. The van der Waals surface area contributed by atoms with Crippen LogP contribution >= 0.6 is 12.6 Å². The lowest BCUT2D eigenvalue weighted by molar-refractivity contribution is 1.19. The summed E-state index contributed by atoms with van der Waals surface area (Å²) in [6, 6.07) is 3.49. The van der Waals surface area contributed by atoms with E-state index in [1.165, 1.54) is 0 Å². The predicted octanol–water partition coefficient (Wildman–Crippen LogP) is 1.63. The van der Waals surface area contributed by atoms with Gasteiger partial charge in [-0.05, 0) is 6.42 Å². The first kappa shape index (κ1) is 8.07. The number of thiol groups is 1. The molecule has 0 saturated heterocycles. The molecule has 0 aliphatic carbocycles. The number of allylic oxidation sites excluding steroid dienone is 2. The van der Waals surface area contributed by atoms with E-state index in [0.717, 1.165) is 0 Å². The van der Waals surface area contributed by atoms with E-state index in [2.05, 4.69) is 12.6 Å². The molecule has 0 spiro atoms. The Morgan fingerprint density at radius 3 is 2.00 bits per heavy atom. The second-order valence-corrected chi connectivity index (χ2v) is 1.94. The van der Waals surface area contributed by atoms with Crippen molar-refractivity contribution in [2.24, 2.45) is 0 Å². The fraction of sp³-hybridized carbons (Fsp3) is 0.333. The molecule has 0 aliphatic rings. The minimum atomic E-state index is 0.112. The lowest BCUT2D eigenvalue weighted by Crippen LogP contribution is -1.76. The van der Waals surface area contributed by atoms with E-state index in [1.54, 1.807) is 12.1 Å². The van der Waals surface area contributed by atoms with Crippen molar-refractivity contribution in [3.05, 3.63) is 10.5 Å². The second kappa shape index (κ2) is 4.00. The van der Waals surface area contributed by atoms with Gasteiger partial charge in [0.15, 0.2) is 0 Å². The predicted molar refractivity (Wildman–Crippen MR) is 37.5 cm³/mol. The van der Waals surface area contributed by atoms with Gasteiger partial charge in [-0.1, -0.05) is 6.92 Å². The Hall–Kier alpha value is -0.930. The monoisotopic (exact) mass is 138 g/mol. The van der Waals surface area contributed by atoms with Gasteiger partial charge in [0.05, 0.1) is 0 Å². The summed E-state index contributed by atoms with van der Waals surface area (Å²) in [6.45, 7) is 1.84. The molecule has 0 atom stereocenters. The molecule has 0 aliphatic heterocycles. The van der Waals surface area contributed by atoms with Crippen LogP contribution in [-0.4, -0.2) is 0 Å². The molecule has 3 heteroatoms. The van der Waals surface area contributed by atoms with Crippen LogP contribution in [0.1, 0.15) is 13.3 Å². The lowest BCUT2D eigenvalue weighted by Gasteiger charge is -1.88. The Balaban J connectivity index is 4.49. The number of hydrogen-bond donors (Lipinski definition) is 1. The second-order valence-electron chi connectivity index (χ2n) is 1.40. The molecule has 0 aromatic carbocycles. The van der Waals surface area contributed by atoms with Crippen LogP contribution in [0.25, 0.3) is 0 Å². The van der Waals surface area contributed by atoms with Crippen molar-refractivity contribution in [2.45, 2.75) is 13.3 Å². The summed E-state index contributed by atoms with van der Waals surface area (Å²) in [4.78, 5) is 0.556. The molecule has 46 valence electrons. The molecule has 2 nitrogen and oxygen atoms in total. The summed E-state index contributed by atoms with van der Waals surface area (Å²) >= 11 is 3.92. The highest BCUT2D eigenvalue weighted by Crippen LogP contribution is 2.10. The van der Waals surface area contributed by atoms with Crippen molar-refractivity contribution < 1.29 is 0 Å². The maximum atomic E-state index is 8.25. The van der Waals surface area contributed by atoms with Gasteiger partial charge in [0.25, 0.3) is 0 Å². The van der Waals surface area contributed by atoms with E-state index in [-0.39, 0.29) is 5.57 Å². The van der Waals surface area contributed by atoms with E-state index in [1.807, 2.05) is 6.92 Å². The third kappa shape index (κ3) is 2.21. The Morgan fingerprint density at radius 2 is 1.89 bits per heavy atom. The van der Waals surface area contributed by atoms with Gasteiger partial charge < -0.3 is 0 Å². The summed E-state index contributed by atoms with van der Waals surface area (Å²) in [5, 5.41) is 16.5. The third-order valence-corrected chi connectivity index (χ3v) is 1.39. The zero-order chi connectivity index (χ0) is 7.28. The topological polar surface area (TPSA) is 47.6 Å². The minimum Gasteiger partial charge on any atom is -0.192 e. The van der Waals surface area contributed by atoms with Gasteiger partial charge in [0.1, 0.15) is 17.7 Å². The number of rotatable bonds is 1. The van der Waals surface area contributed by atoms with Crippen LogP contribution in [0.4, 0.5) is 0 Å². The fourth-order valence-corrected chi connectivity index (χ4v) is 0.431. The Kier molecular flexibility index (Phi) is 3.59. The number of nitrogens with zero attached hydrogens (tertiary/aromatic N) is 2. The first-order valence-corrected chi connectivity index (χ1v) is 2.93. The Labute approximate surface area is 59.8 Å². The molecular weight excluding hydrogens is 132 g/mol. The average molecular weight is 138 g/mol. The Bertz CT molecular complexity index is 188. The smallest absolute Gasteiger partial charge is 0.138 e. The lowest BCUT2D eigenvalue weighted by atomic mass is 10.2. The highest BCUT2D eigenvalue weighted by atomic mass is 32.1. The van der Waals surface area contributed by atoms with Gasteiger partial charge in [0, 0.05) is 4.91 Å². The summed E-state index contributed by atoms with van der Waals surface area (Å²) in [6.07, 6.45) is 0.638. The van der Waals surface area contributed by atoms with E-state index in [0.29, 0.717) is 11.3 Å². The average Bonchev–Trinajstić information content (AvgIpc) is 1.90. The molecule has 0 fully saturated rings. The van der Waals surface area contributed by atoms with Crippen LogP contribution in [0.15, 0.2) is 10.5 Å². The van der Waals surface area contributed by atoms with Gasteiger partial charge in [-0.3, -0.25) is 0 Å². The van der Waals surface area contributed by atoms with Crippen molar-refractivity contribution in [1.29, 1.82) is 10.5 Å². The van der Waals surface area contributed by atoms with Gasteiger partial charge >= 0.3 is 0 Å². The first-order valence-electron chi connectivity index (χ1n) is 2.48. The highest BCUT2D eigenvalue weighted by molar-refractivity contribution is 7.84. The standard InChI is InChI=1S/C6H6N2S/c1-2-6(9)5(3-7)4-8/h9H,2H2,1H3. The van der Waals surface area contributed by atoms with Crippen LogP contribution in [0.5, 0.6) is 0 Å². The SMILES string of the molecule is CCC(S)=C(C#N)C#N. The van der Waals surface area contributed by atoms with Crippen molar-refractivity contribution in [3.8, 4) is 12.1 Å². The van der Waals surface area contributed by atoms with Gasteiger partial charge in [0.2, 0.25) is 0 Å². The zero-order valence-electron chi connectivity index (χ0n) is 5.05. The van der Waals surface area contributed by atoms with Gasteiger partial charge in [-0.15, -0.1) is 12.6 Å². The van der Waals surface area contributed by atoms with Gasteiger partial charge in [-0.25, -0.2) is 0 Å². The van der Waals surface area contributed by atoms with Crippen LogP contribution in [0, 0.1) is 22.7 Å². The van der Waals surface area contributed by atoms with Crippen LogP contribution in [0.3, 0.4) is 0 Å². The zero-order valence-corrected chi connectivity index (χ0v) is 5.94. The molecule has 0 heterocycles. The quantitative estimate of drug-likeness (QED) is 0.442. The molecule has 9 heavy (non-hydrogen) atoms. The molecule has 0 unspecified atom stereocenters. The van der Waals surface area contributed by atoms with Crippen LogP contribution < -0.4 is 0 Å². The molecule has 0 saturated carbocycles. The van der Waals surface area contributed by atoms with Crippen molar-refractivity contribution in [2.75, 3.05) is 0 Å². The van der Waals surface area contributed by atoms with Crippen molar-refractivity contribution >= 4 is 12.6 Å². The maximum absolute atomic E-state index is 8.25. The first-order chi connectivity index (χ1) is 4.26. The van der Waals surface area contributed by atoms with E-state index in [4.69, 9.17) is 10.5 Å². The Morgan fingerprint density at radius 1 is 1.44 bits per heavy atom. The number of hydrogen-bond acceptors (Lipinski definition) is 3. The molecule has 0 bridgehead atoms. The normalized spacial score (nSPS) is 7.11. The molecule has 0 N–H and O–H groups in total. The van der Waals surface area contributed by atoms with E-state index >= 15 is 0 Å². The molecule has 0 aromatic rings. The molecule has 0 rings (SSSR count). The van der Waals surface area contributed by atoms with E-state index < -0.39 is 0 Å². The molecule has 0 aromatic heterocycles. The molecular formula is C6H6N2S. The highest BCUT2D eigenvalue weighted by Gasteiger charge is 1.96. The number of nitriles is 2. The summed E-state index contributed by atoms with van der Waals surface area (Å²) < 4.78 is 0.